The fourth-order valence-electron chi connectivity index (χ4n) is 4.06. The lowest BCUT2D eigenvalue weighted by atomic mass is 9.95. The minimum atomic E-state index is -1.23. The van der Waals surface area contributed by atoms with E-state index in [1.807, 2.05) is 0 Å². The van der Waals surface area contributed by atoms with Crippen LogP contribution in [0.15, 0.2) is 91.0 Å². The summed E-state index contributed by atoms with van der Waals surface area (Å²) < 4.78 is 11.3. The van der Waals surface area contributed by atoms with Crippen molar-refractivity contribution in [3.63, 3.8) is 0 Å². The first-order valence-electron chi connectivity index (χ1n) is 11.0. The second-order valence-electron chi connectivity index (χ2n) is 8.05. The molecule has 1 aliphatic rings. The second-order valence-corrected chi connectivity index (χ2v) is 8.05. The number of ether oxygens (including phenoxy) is 2. The van der Waals surface area contributed by atoms with Crippen molar-refractivity contribution < 1.29 is 29.0 Å². The van der Waals surface area contributed by atoms with Crippen molar-refractivity contribution in [2.75, 3.05) is 0 Å². The van der Waals surface area contributed by atoms with Gasteiger partial charge in [0.15, 0.2) is 6.29 Å². The van der Waals surface area contributed by atoms with Gasteiger partial charge in [-0.25, -0.2) is 4.79 Å². The van der Waals surface area contributed by atoms with Gasteiger partial charge in [0.25, 0.3) is 11.8 Å². The molecule has 7 nitrogen and oxygen atoms in total. The highest BCUT2D eigenvalue weighted by atomic mass is 16.6. The van der Waals surface area contributed by atoms with Gasteiger partial charge in [-0.2, -0.15) is 0 Å². The molecule has 1 heterocycles. The summed E-state index contributed by atoms with van der Waals surface area (Å²) in [7, 11) is 0. The predicted molar refractivity (Wildman–Crippen MR) is 124 cm³/mol. The van der Waals surface area contributed by atoms with Crippen molar-refractivity contribution in [3.8, 4) is 0 Å². The van der Waals surface area contributed by atoms with E-state index in [0.29, 0.717) is 16.7 Å². The minimum Gasteiger partial charge on any atom is -0.454 e. The minimum absolute atomic E-state index is 0.103. The summed E-state index contributed by atoms with van der Waals surface area (Å²) >= 11 is 0. The Balaban J connectivity index is 1.73. The zero-order valence-electron chi connectivity index (χ0n) is 18.6. The van der Waals surface area contributed by atoms with Gasteiger partial charge in [0.2, 0.25) is 0 Å². The molecule has 1 aliphatic heterocycles. The molecule has 174 valence electrons. The third-order valence-electron chi connectivity index (χ3n) is 5.72. The molecule has 0 spiro atoms. The largest absolute Gasteiger partial charge is 0.454 e. The van der Waals surface area contributed by atoms with Crippen molar-refractivity contribution in [1.82, 2.24) is 4.90 Å². The summed E-state index contributed by atoms with van der Waals surface area (Å²) in [5.41, 5.74) is 0.928. The molecule has 0 aliphatic carbocycles. The van der Waals surface area contributed by atoms with E-state index in [2.05, 4.69) is 0 Å². The maximum atomic E-state index is 13.6. The van der Waals surface area contributed by atoms with Crippen LogP contribution in [0.25, 0.3) is 0 Å². The molecule has 3 aromatic rings. The van der Waals surface area contributed by atoms with Gasteiger partial charge in [-0.05, 0) is 43.3 Å². The molecule has 1 saturated heterocycles. The Bertz CT molecular complexity index is 1080. The number of hydrogen-bond acceptors (Lipinski definition) is 6. The maximum Gasteiger partial charge on any atom is 0.338 e. The maximum absolute atomic E-state index is 13.6. The highest BCUT2D eigenvalue weighted by Gasteiger charge is 2.46. The molecular weight excluding hydrogens is 434 g/mol. The Kier molecular flexibility index (Phi) is 7.15. The number of esters is 1. The Hall–Kier alpha value is -3.81. The number of benzene rings is 3. The Morgan fingerprint density at radius 1 is 0.794 bits per heavy atom. The van der Waals surface area contributed by atoms with Gasteiger partial charge in [-0.15, -0.1) is 0 Å². The van der Waals surface area contributed by atoms with Crippen LogP contribution < -0.4 is 0 Å². The van der Waals surface area contributed by atoms with Crippen molar-refractivity contribution in [2.45, 2.75) is 37.9 Å². The smallest absolute Gasteiger partial charge is 0.338 e. The normalized spacial score (nSPS) is 21.9. The van der Waals surface area contributed by atoms with Crippen LogP contribution in [-0.4, -0.2) is 52.3 Å². The number of aliphatic hydroxyl groups is 1. The summed E-state index contributed by atoms with van der Waals surface area (Å²) in [4.78, 5) is 41.2. The molecule has 0 radical (unpaired) electrons. The number of carbonyl (C=O) groups is 3. The lowest BCUT2D eigenvalue weighted by Crippen LogP contribution is -2.59. The molecule has 1 N–H and O–H groups in total. The van der Waals surface area contributed by atoms with E-state index < -0.39 is 42.3 Å². The van der Waals surface area contributed by atoms with E-state index in [1.165, 1.54) is 0 Å². The van der Waals surface area contributed by atoms with Gasteiger partial charge in [0.1, 0.15) is 6.10 Å². The monoisotopic (exact) mass is 459 g/mol. The predicted octanol–water partition coefficient (Wildman–Crippen LogP) is 3.69. The molecular formula is C27H25NO6. The summed E-state index contributed by atoms with van der Waals surface area (Å²) in [6.45, 7) is 1.64. The van der Waals surface area contributed by atoms with E-state index in [1.54, 1.807) is 97.9 Å². The van der Waals surface area contributed by atoms with E-state index in [0.717, 1.165) is 4.90 Å². The number of rotatable bonds is 5. The van der Waals surface area contributed by atoms with Gasteiger partial charge < -0.3 is 14.6 Å². The summed E-state index contributed by atoms with van der Waals surface area (Å²) in [6, 6.07) is 24.3. The van der Waals surface area contributed by atoms with Gasteiger partial charge in [0, 0.05) is 17.5 Å². The van der Waals surface area contributed by atoms with Crippen LogP contribution in [0.5, 0.6) is 0 Å². The van der Waals surface area contributed by atoms with Crippen molar-refractivity contribution in [2.24, 2.45) is 0 Å². The summed E-state index contributed by atoms with van der Waals surface area (Å²) in [5.74, 6) is -1.72. The quantitative estimate of drug-likeness (QED) is 0.462. The van der Waals surface area contributed by atoms with Gasteiger partial charge in [-0.1, -0.05) is 54.6 Å². The molecule has 2 amide bonds. The van der Waals surface area contributed by atoms with Gasteiger partial charge in [-0.3, -0.25) is 14.5 Å². The zero-order valence-corrected chi connectivity index (χ0v) is 18.6. The van der Waals surface area contributed by atoms with Crippen LogP contribution in [0, 0.1) is 0 Å². The second kappa shape index (κ2) is 10.4. The van der Waals surface area contributed by atoms with Crippen LogP contribution in [0.1, 0.15) is 44.4 Å². The molecule has 0 aromatic heterocycles. The molecule has 1 fully saturated rings. The van der Waals surface area contributed by atoms with Crippen molar-refractivity contribution >= 4 is 17.8 Å². The van der Waals surface area contributed by atoms with E-state index in [9.17, 15) is 19.5 Å². The van der Waals surface area contributed by atoms with Crippen molar-refractivity contribution in [1.29, 1.82) is 0 Å². The first-order chi connectivity index (χ1) is 16.5. The average Bonchev–Trinajstić information content (AvgIpc) is 2.87. The van der Waals surface area contributed by atoms with Crippen LogP contribution in [0.4, 0.5) is 0 Å². The standard InChI is InChI=1S/C27H25NO6/c1-18-24(34-27(32)21-15-9-4-10-16-21)22(17-23(29)33-18)28(25(30)19-11-5-2-6-12-19)26(31)20-13-7-3-8-14-20/h2-16,18,22-24,29H,17H2,1H3/t18-,22-,23+,24+/m0/s1. The highest BCUT2D eigenvalue weighted by Crippen LogP contribution is 2.29. The fraction of sp³-hybridized carbons (Fsp3) is 0.222. The first-order valence-corrected chi connectivity index (χ1v) is 11.0. The summed E-state index contributed by atoms with van der Waals surface area (Å²) in [6.07, 6.45) is -3.09. The van der Waals surface area contributed by atoms with Crippen LogP contribution in [0.3, 0.4) is 0 Å². The van der Waals surface area contributed by atoms with E-state index in [-0.39, 0.29) is 6.42 Å². The molecule has 4 atom stereocenters. The molecule has 3 aromatic carbocycles. The third-order valence-corrected chi connectivity index (χ3v) is 5.72. The van der Waals surface area contributed by atoms with Crippen LogP contribution in [0.2, 0.25) is 0 Å². The van der Waals surface area contributed by atoms with Gasteiger partial charge >= 0.3 is 5.97 Å². The Morgan fingerprint density at radius 3 is 1.71 bits per heavy atom. The number of nitrogens with zero attached hydrogens (tertiary/aromatic N) is 1. The molecule has 0 bridgehead atoms. The average molecular weight is 459 g/mol. The number of aliphatic hydroxyl groups excluding tert-OH is 1. The zero-order chi connectivity index (χ0) is 24.1. The van der Waals surface area contributed by atoms with Crippen LogP contribution >= 0.6 is 0 Å². The number of carbonyl (C=O) groups excluding carboxylic acids is 3. The van der Waals surface area contributed by atoms with Crippen LogP contribution in [-0.2, 0) is 9.47 Å². The third kappa shape index (κ3) is 5.06. The Labute approximate surface area is 197 Å². The SMILES string of the molecule is C[C@@H]1O[C@@H](O)C[C@H](N(C(=O)c2ccccc2)C(=O)c2ccccc2)[C@@H]1OC(=O)c1ccccc1. The molecule has 0 unspecified atom stereocenters. The number of amides is 2. The van der Waals surface area contributed by atoms with Crippen molar-refractivity contribution in [3.05, 3.63) is 108 Å². The molecule has 0 saturated carbocycles. The molecule has 7 heteroatoms. The fourth-order valence-corrected chi connectivity index (χ4v) is 4.06. The molecule has 4 rings (SSSR count). The first kappa shape index (κ1) is 23.4. The van der Waals surface area contributed by atoms with E-state index in [4.69, 9.17) is 9.47 Å². The number of imide groups is 1. The van der Waals surface area contributed by atoms with Gasteiger partial charge in [0.05, 0.1) is 17.7 Å². The van der Waals surface area contributed by atoms with E-state index >= 15 is 0 Å². The lowest BCUT2D eigenvalue weighted by molar-refractivity contribution is -0.209. The topological polar surface area (TPSA) is 93.1 Å². The molecule has 34 heavy (non-hydrogen) atoms. The highest BCUT2D eigenvalue weighted by molar-refractivity contribution is 6.10. The Morgan fingerprint density at radius 2 is 1.24 bits per heavy atom. The number of hydrogen-bond donors (Lipinski definition) is 1. The summed E-state index contributed by atoms with van der Waals surface area (Å²) in [5, 5.41) is 10.4. The lowest BCUT2D eigenvalue weighted by Gasteiger charge is -2.42.